The first-order valence-corrected chi connectivity index (χ1v) is 13.4. The first-order valence-electron chi connectivity index (χ1n) is 11.5. The molecule has 0 atom stereocenters. The summed E-state index contributed by atoms with van der Waals surface area (Å²) in [5, 5.41) is 24.0. The average molecular weight is 505 g/mol. The summed E-state index contributed by atoms with van der Waals surface area (Å²) in [6, 6.07) is 1.95. The van der Waals surface area contributed by atoms with E-state index in [0.29, 0.717) is 69.2 Å². The van der Waals surface area contributed by atoms with Crippen molar-refractivity contribution >= 4 is 27.7 Å². The Bertz CT molecular complexity index is 1290. The van der Waals surface area contributed by atoms with Crippen LogP contribution in [0.3, 0.4) is 0 Å². The Morgan fingerprint density at radius 2 is 1.94 bits per heavy atom. The highest BCUT2D eigenvalue weighted by Crippen LogP contribution is 2.35. The van der Waals surface area contributed by atoms with Gasteiger partial charge in [0.05, 0.1) is 12.5 Å². The number of pyridine rings is 1. The summed E-state index contributed by atoms with van der Waals surface area (Å²) in [5.41, 5.74) is 2.20. The lowest BCUT2D eigenvalue weighted by atomic mass is 10.1. The van der Waals surface area contributed by atoms with E-state index < -0.39 is 16.1 Å². The van der Waals surface area contributed by atoms with E-state index in [-0.39, 0.29) is 12.1 Å². The van der Waals surface area contributed by atoms with Crippen molar-refractivity contribution in [2.24, 2.45) is 0 Å². The molecular formula is C21H28N8O5S. The third-order valence-corrected chi connectivity index (χ3v) is 7.83. The zero-order valence-corrected chi connectivity index (χ0v) is 20.1. The molecule has 14 heteroatoms. The van der Waals surface area contributed by atoms with Crippen LogP contribution in [-0.4, -0.2) is 98.2 Å². The van der Waals surface area contributed by atoms with Gasteiger partial charge in [-0.2, -0.15) is 10.1 Å². The number of ether oxygens (including phenoxy) is 1. The van der Waals surface area contributed by atoms with Crippen LogP contribution in [0.4, 0.5) is 10.7 Å². The van der Waals surface area contributed by atoms with Crippen LogP contribution < -0.4 is 10.1 Å². The Morgan fingerprint density at radius 3 is 2.57 bits per heavy atom. The van der Waals surface area contributed by atoms with Crippen LogP contribution in [0.5, 0.6) is 5.75 Å². The van der Waals surface area contributed by atoms with Gasteiger partial charge in [0.2, 0.25) is 16.0 Å². The minimum Gasteiger partial charge on any atom is -0.486 e. The molecule has 5 heterocycles. The maximum absolute atomic E-state index is 11.8. The van der Waals surface area contributed by atoms with Gasteiger partial charge in [0, 0.05) is 68.6 Å². The predicted octanol–water partition coefficient (Wildman–Crippen LogP) is 1.48. The highest BCUT2D eigenvalue weighted by Gasteiger charge is 2.28. The van der Waals surface area contributed by atoms with E-state index >= 15 is 0 Å². The fourth-order valence-electron chi connectivity index (χ4n) is 4.57. The van der Waals surface area contributed by atoms with E-state index in [4.69, 9.17) is 9.72 Å². The van der Waals surface area contributed by atoms with E-state index in [2.05, 4.69) is 20.6 Å². The number of sulfonamides is 1. The highest BCUT2D eigenvalue weighted by atomic mass is 32.2. The van der Waals surface area contributed by atoms with Crippen molar-refractivity contribution in [1.82, 2.24) is 34.0 Å². The lowest BCUT2D eigenvalue weighted by Crippen LogP contribution is -2.41. The van der Waals surface area contributed by atoms with Gasteiger partial charge in [-0.05, 0) is 18.9 Å². The molecule has 0 aromatic carbocycles. The number of likely N-dealkylation sites (tertiary alicyclic amines) is 1. The second-order valence-corrected chi connectivity index (χ2v) is 10.9. The molecule has 2 aliphatic rings. The van der Waals surface area contributed by atoms with E-state index in [1.165, 1.54) is 15.5 Å². The van der Waals surface area contributed by atoms with E-state index in [0.717, 1.165) is 11.1 Å². The number of hydrogen-bond acceptors (Lipinski definition) is 8. The van der Waals surface area contributed by atoms with Gasteiger partial charge in [0.1, 0.15) is 6.10 Å². The third kappa shape index (κ3) is 5.03. The fourth-order valence-corrected chi connectivity index (χ4v) is 5.45. The number of anilines is 1. The Labute approximate surface area is 202 Å². The maximum atomic E-state index is 11.8. The Morgan fingerprint density at radius 1 is 1.20 bits per heavy atom. The van der Waals surface area contributed by atoms with Crippen LogP contribution in [0.25, 0.3) is 16.8 Å². The Balaban J connectivity index is 1.38. The molecule has 3 N–H and O–H groups in total. The number of aromatic nitrogens is 5. The smallest absolute Gasteiger partial charge is 0.407 e. The number of rotatable bonds is 6. The summed E-state index contributed by atoms with van der Waals surface area (Å²) < 4.78 is 33.1. The molecule has 0 bridgehead atoms. The molecule has 188 valence electrons. The number of H-pyrrole nitrogens is 1. The molecular weight excluding hydrogens is 476 g/mol. The minimum absolute atomic E-state index is 0.0588. The van der Waals surface area contributed by atoms with Crippen LogP contribution in [0.1, 0.15) is 25.7 Å². The largest absolute Gasteiger partial charge is 0.486 e. The Kier molecular flexibility index (Phi) is 6.23. The van der Waals surface area contributed by atoms with Crippen molar-refractivity contribution in [3.8, 4) is 16.9 Å². The van der Waals surface area contributed by atoms with Crippen LogP contribution in [-0.2, 0) is 10.0 Å². The van der Waals surface area contributed by atoms with Crippen LogP contribution in [0.15, 0.2) is 24.7 Å². The van der Waals surface area contributed by atoms with Gasteiger partial charge in [0.25, 0.3) is 0 Å². The number of nitrogens with zero attached hydrogens (tertiary/aromatic N) is 6. The fraction of sp³-hybridized carbons (Fsp3) is 0.524. The molecule has 2 fully saturated rings. The zero-order chi connectivity index (χ0) is 24.6. The molecule has 3 aromatic rings. The van der Waals surface area contributed by atoms with E-state index in [1.54, 1.807) is 16.9 Å². The number of hydrogen-bond donors (Lipinski definition) is 3. The molecule has 1 amide bonds. The zero-order valence-electron chi connectivity index (χ0n) is 19.3. The number of aromatic amines is 1. The number of carboxylic acid groups (broad SMARTS) is 1. The number of nitrogens with one attached hydrogen (secondary N) is 2. The molecule has 0 spiro atoms. The maximum Gasteiger partial charge on any atom is 0.407 e. The molecule has 5 rings (SSSR count). The van der Waals surface area contributed by atoms with Crippen molar-refractivity contribution in [3.63, 3.8) is 0 Å². The topological polar surface area (TPSA) is 158 Å². The summed E-state index contributed by atoms with van der Waals surface area (Å²) in [6.07, 6.45) is 7.93. The van der Waals surface area contributed by atoms with E-state index in [9.17, 15) is 18.3 Å². The lowest BCUT2D eigenvalue weighted by Gasteiger charge is -2.30. The van der Waals surface area contributed by atoms with Crippen molar-refractivity contribution in [2.45, 2.75) is 37.8 Å². The summed E-state index contributed by atoms with van der Waals surface area (Å²) in [7, 11) is -3.19. The highest BCUT2D eigenvalue weighted by molar-refractivity contribution is 7.88. The van der Waals surface area contributed by atoms with Gasteiger partial charge >= 0.3 is 6.09 Å². The molecule has 2 saturated heterocycles. The second kappa shape index (κ2) is 9.34. The summed E-state index contributed by atoms with van der Waals surface area (Å²) in [4.78, 5) is 17.3. The van der Waals surface area contributed by atoms with Crippen LogP contribution >= 0.6 is 0 Å². The predicted molar refractivity (Wildman–Crippen MR) is 127 cm³/mol. The SMILES string of the molecule is CS(=O)(=O)N1CCC(Nc2nc3c(OC4CCN(C(=O)O)CC4)c(-c4cn[nH]c4)ccn3n2)CC1. The van der Waals surface area contributed by atoms with Crippen molar-refractivity contribution in [3.05, 3.63) is 24.7 Å². The van der Waals surface area contributed by atoms with Gasteiger partial charge in [-0.25, -0.2) is 22.0 Å². The first-order chi connectivity index (χ1) is 16.8. The van der Waals surface area contributed by atoms with Gasteiger partial charge < -0.3 is 20.1 Å². The monoisotopic (exact) mass is 504 g/mol. The molecule has 0 radical (unpaired) electrons. The molecule has 3 aromatic heterocycles. The van der Waals surface area contributed by atoms with Crippen molar-refractivity contribution < 1.29 is 23.1 Å². The molecule has 13 nitrogen and oxygen atoms in total. The van der Waals surface area contributed by atoms with E-state index in [1.807, 2.05) is 12.3 Å². The summed E-state index contributed by atoms with van der Waals surface area (Å²) in [6.45, 7) is 1.74. The summed E-state index contributed by atoms with van der Waals surface area (Å²) >= 11 is 0. The molecule has 0 saturated carbocycles. The normalized spacial score (nSPS) is 18.7. The summed E-state index contributed by atoms with van der Waals surface area (Å²) in [5.74, 6) is 1.01. The quantitative estimate of drug-likeness (QED) is 0.452. The molecule has 0 unspecified atom stereocenters. The third-order valence-electron chi connectivity index (χ3n) is 6.52. The number of fused-ring (bicyclic) bond motifs is 1. The van der Waals surface area contributed by atoms with Crippen LogP contribution in [0.2, 0.25) is 0 Å². The number of carbonyl (C=O) groups is 1. The lowest BCUT2D eigenvalue weighted by molar-refractivity contribution is 0.0902. The van der Waals surface area contributed by atoms with Crippen LogP contribution in [0, 0.1) is 0 Å². The second-order valence-electron chi connectivity index (χ2n) is 8.92. The average Bonchev–Trinajstić information content (AvgIpc) is 3.49. The standard InChI is InChI=1S/C21H28N8O5S/c1-35(32,33)28-9-2-15(3-10-28)24-20-25-19-18(34-16-4-7-27(8-5-16)21(30)31)17(6-11-29(19)26-20)14-12-22-23-13-14/h6,11-13,15-16H,2-5,7-10H2,1H3,(H,22,23)(H,24,26)(H,30,31). The number of piperidine rings is 2. The van der Waals surface area contributed by atoms with Gasteiger partial charge in [-0.3, -0.25) is 5.10 Å². The molecule has 35 heavy (non-hydrogen) atoms. The Hall–Kier alpha value is -3.39. The molecule has 0 aliphatic carbocycles. The van der Waals surface area contributed by atoms with Gasteiger partial charge in [0.15, 0.2) is 11.4 Å². The van der Waals surface area contributed by atoms with Gasteiger partial charge in [-0.15, -0.1) is 5.10 Å². The van der Waals surface area contributed by atoms with Crippen molar-refractivity contribution in [1.29, 1.82) is 0 Å². The minimum atomic E-state index is -3.19. The number of amides is 1. The first kappa shape index (κ1) is 23.4. The molecule has 2 aliphatic heterocycles. The van der Waals surface area contributed by atoms with Crippen molar-refractivity contribution in [2.75, 3.05) is 37.8 Å². The van der Waals surface area contributed by atoms with Gasteiger partial charge in [-0.1, -0.05) is 0 Å².